The minimum atomic E-state index is -2.10. The number of allylic oxidation sites excluding steroid dienone is 4. The number of aliphatic hydroxyl groups is 1. The van der Waals surface area contributed by atoms with Crippen LogP contribution in [0.3, 0.4) is 0 Å². The standard InChI is InChI=1S/C30H52O2Si/c1-13-28(11)18-26(31)29(12)22(8)14-16-30(24(10)23(28)9)17-15-25(27(29)30)32-33(19(2)3,20(4)5)21(6)7/h13,15,19-23,26-27,31H,1,10,14,16-18H2,2-9,11-12H3/t22?,23?,26-,27?,28?,29?,30?/m1/s1. The smallest absolute Gasteiger partial charge is 0.258 e. The molecule has 2 saturated carbocycles. The van der Waals surface area contributed by atoms with Crippen LogP contribution >= 0.6 is 0 Å². The number of aliphatic hydroxyl groups excluding tert-OH is 1. The Morgan fingerprint density at radius 3 is 2.12 bits per heavy atom. The van der Waals surface area contributed by atoms with Crippen molar-refractivity contribution in [2.24, 2.45) is 34.0 Å². The Kier molecular flexibility index (Phi) is 7.06. The summed E-state index contributed by atoms with van der Waals surface area (Å²) in [6.45, 7) is 32.5. The number of hydrogen-bond donors (Lipinski definition) is 1. The van der Waals surface area contributed by atoms with Crippen LogP contribution < -0.4 is 0 Å². The van der Waals surface area contributed by atoms with Gasteiger partial charge in [0.2, 0.25) is 0 Å². The van der Waals surface area contributed by atoms with Gasteiger partial charge in [-0.15, -0.1) is 6.58 Å². The van der Waals surface area contributed by atoms with E-state index in [1.165, 1.54) is 11.3 Å². The van der Waals surface area contributed by atoms with Gasteiger partial charge in [-0.2, -0.15) is 0 Å². The van der Waals surface area contributed by atoms with Crippen molar-refractivity contribution in [3.05, 3.63) is 36.6 Å². The van der Waals surface area contributed by atoms with Gasteiger partial charge in [0.05, 0.1) is 11.9 Å². The third kappa shape index (κ3) is 3.58. The second-order valence-corrected chi connectivity index (χ2v) is 18.7. The van der Waals surface area contributed by atoms with Crippen LogP contribution in [0.5, 0.6) is 0 Å². The summed E-state index contributed by atoms with van der Waals surface area (Å²) in [4.78, 5) is 0. The third-order valence-corrected chi connectivity index (χ3v) is 17.2. The zero-order valence-corrected chi connectivity index (χ0v) is 24.3. The van der Waals surface area contributed by atoms with Crippen LogP contribution in [0, 0.1) is 34.0 Å². The maximum atomic E-state index is 12.0. The molecule has 3 aliphatic carbocycles. The van der Waals surface area contributed by atoms with Gasteiger partial charge in [-0.3, -0.25) is 0 Å². The van der Waals surface area contributed by atoms with Crippen LogP contribution in [0.1, 0.15) is 94.9 Å². The largest absolute Gasteiger partial charge is 0.546 e. The van der Waals surface area contributed by atoms with Crippen LogP contribution in [0.25, 0.3) is 0 Å². The molecule has 2 nitrogen and oxygen atoms in total. The first-order chi connectivity index (χ1) is 15.1. The lowest BCUT2D eigenvalue weighted by atomic mass is 9.44. The molecular weight excluding hydrogens is 420 g/mol. The van der Waals surface area contributed by atoms with Crippen molar-refractivity contribution in [1.29, 1.82) is 0 Å². The van der Waals surface area contributed by atoms with E-state index >= 15 is 0 Å². The Hall–Kier alpha value is -0.803. The van der Waals surface area contributed by atoms with E-state index in [-0.39, 0.29) is 28.1 Å². The highest BCUT2D eigenvalue weighted by molar-refractivity contribution is 6.77. The van der Waals surface area contributed by atoms with Crippen molar-refractivity contribution in [3.8, 4) is 0 Å². The van der Waals surface area contributed by atoms with Crippen molar-refractivity contribution in [2.45, 2.75) is 118 Å². The molecule has 0 spiro atoms. The van der Waals surface area contributed by atoms with Crippen molar-refractivity contribution in [2.75, 3.05) is 0 Å². The molecule has 0 aromatic heterocycles. The molecule has 0 heterocycles. The number of rotatable bonds is 6. The van der Waals surface area contributed by atoms with Gasteiger partial charge in [-0.05, 0) is 65.6 Å². The van der Waals surface area contributed by atoms with Gasteiger partial charge in [0.15, 0.2) is 0 Å². The number of hydrogen-bond acceptors (Lipinski definition) is 2. The fraction of sp³-hybridized carbons (Fsp3) is 0.800. The van der Waals surface area contributed by atoms with Gasteiger partial charge in [-0.25, -0.2) is 0 Å². The van der Waals surface area contributed by atoms with Gasteiger partial charge in [0.1, 0.15) is 0 Å². The quantitative estimate of drug-likeness (QED) is 0.309. The summed E-state index contributed by atoms with van der Waals surface area (Å²) in [5.41, 5.74) is 2.55. The average molecular weight is 473 g/mol. The summed E-state index contributed by atoms with van der Waals surface area (Å²) in [6, 6.07) is 0. The molecule has 0 radical (unpaired) electrons. The van der Waals surface area contributed by atoms with Crippen LogP contribution in [-0.2, 0) is 4.43 Å². The molecule has 2 fully saturated rings. The highest BCUT2D eigenvalue weighted by Crippen LogP contribution is 2.70. The molecule has 3 heteroatoms. The maximum absolute atomic E-state index is 12.0. The van der Waals surface area contributed by atoms with Gasteiger partial charge < -0.3 is 9.53 Å². The van der Waals surface area contributed by atoms with Crippen molar-refractivity contribution in [1.82, 2.24) is 0 Å². The summed E-state index contributed by atoms with van der Waals surface area (Å²) in [6.07, 6.45) is 8.13. The Balaban J connectivity index is 2.19. The van der Waals surface area contributed by atoms with Gasteiger partial charge in [0.25, 0.3) is 8.32 Å². The van der Waals surface area contributed by atoms with E-state index in [9.17, 15) is 5.11 Å². The topological polar surface area (TPSA) is 29.5 Å². The molecule has 3 aliphatic rings. The predicted octanol–water partition coefficient (Wildman–Crippen LogP) is 8.65. The molecule has 3 rings (SSSR count). The SMILES string of the molecule is C=CC1(C)C[C@@H](O)C2(C)C(C)CCC3(CC=C(O[Si](C(C)C)(C(C)C)C(C)C)C32)C(=C)C1C. The van der Waals surface area contributed by atoms with Gasteiger partial charge in [0, 0.05) is 16.7 Å². The van der Waals surface area contributed by atoms with E-state index in [1.54, 1.807) is 0 Å². The maximum Gasteiger partial charge on any atom is 0.258 e. The molecule has 1 N–H and O–H groups in total. The molecule has 0 aromatic carbocycles. The van der Waals surface area contributed by atoms with E-state index in [2.05, 4.69) is 88.0 Å². The second-order valence-electron chi connectivity index (χ2n) is 13.3. The average Bonchev–Trinajstić information content (AvgIpc) is 3.12. The molecule has 0 aliphatic heterocycles. The normalized spacial score (nSPS) is 41.6. The molecule has 7 atom stereocenters. The summed E-state index contributed by atoms with van der Waals surface area (Å²) >= 11 is 0. The van der Waals surface area contributed by atoms with Crippen LogP contribution in [0.2, 0.25) is 16.6 Å². The zero-order chi connectivity index (χ0) is 25.1. The Morgan fingerprint density at radius 1 is 1.09 bits per heavy atom. The van der Waals surface area contributed by atoms with Gasteiger partial charge in [-0.1, -0.05) is 87.5 Å². The van der Waals surface area contributed by atoms with E-state index < -0.39 is 14.4 Å². The van der Waals surface area contributed by atoms with Gasteiger partial charge >= 0.3 is 0 Å². The molecule has 2 bridgehead atoms. The van der Waals surface area contributed by atoms with E-state index in [4.69, 9.17) is 11.0 Å². The van der Waals surface area contributed by atoms with Crippen molar-refractivity contribution < 1.29 is 9.53 Å². The summed E-state index contributed by atoms with van der Waals surface area (Å²) in [5.74, 6) is 2.11. The van der Waals surface area contributed by atoms with E-state index in [0.717, 1.165) is 25.7 Å². The first kappa shape index (κ1) is 26.8. The van der Waals surface area contributed by atoms with Crippen LogP contribution in [0.15, 0.2) is 36.6 Å². The van der Waals surface area contributed by atoms with Crippen molar-refractivity contribution in [3.63, 3.8) is 0 Å². The molecule has 33 heavy (non-hydrogen) atoms. The predicted molar refractivity (Wildman–Crippen MR) is 144 cm³/mol. The summed E-state index contributed by atoms with van der Waals surface area (Å²) < 4.78 is 7.43. The third-order valence-electron chi connectivity index (χ3n) is 11.2. The fourth-order valence-electron chi connectivity index (χ4n) is 8.57. The molecular formula is C30H52O2Si. The fourth-order valence-corrected chi connectivity index (χ4v) is 13.9. The molecule has 6 unspecified atom stereocenters. The van der Waals surface area contributed by atoms with Crippen LogP contribution in [-0.4, -0.2) is 19.5 Å². The first-order valence-electron chi connectivity index (χ1n) is 13.5. The van der Waals surface area contributed by atoms with Crippen molar-refractivity contribution >= 4 is 8.32 Å². The van der Waals surface area contributed by atoms with E-state index in [0.29, 0.717) is 22.5 Å². The molecule has 0 aromatic rings. The molecule has 0 saturated heterocycles. The lowest BCUT2D eigenvalue weighted by Gasteiger charge is -2.62. The Labute approximate surface area is 206 Å². The highest BCUT2D eigenvalue weighted by Gasteiger charge is 2.65. The first-order valence-corrected chi connectivity index (χ1v) is 15.7. The Bertz CT molecular complexity index is 788. The van der Waals surface area contributed by atoms with Crippen LogP contribution in [0.4, 0.5) is 0 Å². The highest BCUT2D eigenvalue weighted by atomic mass is 28.4. The minimum absolute atomic E-state index is 0.0211. The lowest BCUT2D eigenvalue weighted by Crippen LogP contribution is -2.59. The summed E-state index contributed by atoms with van der Waals surface area (Å²) in [5, 5.41) is 12.0. The summed E-state index contributed by atoms with van der Waals surface area (Å²) in [7, 11) is -2.10. The molecule has 0 amide bonds. The lowest BCUT2D eigenvalue weighted by molar-refractivity contribution is -0.133. The second kappa shape index (κ2) is 8.70. The monoisotopic (exact) mass is 472 g/mol. The zero-order valence-electron chi connectivity index (χ0n) is 23.3. The molecule has 188 valence electrons. The van der Waals surface area contributed by atoms with E-state index in [1.807, 2.05) is 0 Å². The minimum Gasteiger partial charge on any atom is -0.546 e. The Morgan fingerprint density at radius 2 is 1.64 bits per heavy atom.